The van der Waals surface area contributed by atoms with Gasteiger partial charge in [0.1, 0.15) is 5.75 Å². The van der Waals surface area contributed by atoms with Crippen molar-refractivity contribution >= 4 is 27.5 Å². The number of carbonyl (C=O) groups is 1. The molecule has 0 radical (unpaired) electrons. The molecule has 4 heteroatoms. The van der Waals surface area contributed by atoms with Crippen LogP contribution in [0.5, 0.6) is 5.75 Å². The predicted octanol–water partition coefficient (Wildman–Crippen LogP) is 3.59. The highest BCUT2D eigenvalue weighted by molar-refractivity contribution is 9.10. The molecule has 0 aromatic heterocycles. The maximum absolute atomic E-state index is 11.8. The zero-order valence-electron chi connectivity index (χ0n) is 10.4. The first-order chi connectivity index (χ1) is 7.93. The van der Waals surface area contributed by atoms with E-state index < -0.39 is 4.32 Å². The average molecular weight is 300 g/mol. The number of hydrogen-bond acceptors (Lipinski definition) is 2. The Labute approximate surface area is 111 Å². The van der Waals surface area contributed by atoms with Gasteiger partial charge in [-0.2, -0.15) is 0 Å². The van der Waals surface area contributed by atoms with E-state index in [9.17, 15) is 4.79 Å². The van der Waals surface area contributed by atoms with Gasteiger partial charge in [-0.25, -0.2) is 0 Å². The van der Waals surface area contributed by atoms with Crippen LogP contribution in [-0.2, 0) is 4.79 Å². The molecule has 17 heavy (non-hydrogen) atoms. The minimum atomic E-state index is -0.576. The molecule has 0 bridgehead atoms. The summed E-state index contributed by atoms with van der Waals surface area (Å²) in [5.74, 6) is 0.696. The minimum absolute atomic E-state index is 0.0786. The number of anilines is 1. The third kappa shape index (κ3) is 4.77. The van der Waals surface area contributed by atoms with Crippen molar-refractivity contribution in [2.24, 2.45) is 0 Å². The fourth-order valence-corrected chi connectivity index (χ4v) is 1.26. The van der Waals surface area contributed by atoms with Crippen LogP contribution in [0.2, 0.25) is 0 Å². The van der Waals surface area contributed by atoms with Crippen molar-refractivity contribution in [1.82, 2.24) is 0 Å². The monoisotopic (exact) mass is 299 g/mol. The standard InChI is InChI=1S/C13H18BrNO2/c1-4-8-17-11-7-5-6-10(9-11)15-12(16)13(2,3)14/h5-7,9H,4,8H2,1-3H3,(H,15,16). The molecule has 94 valence electrons. The van der Waals surface area contributed by atoms with Crippen LogP contribution in [0.4, 0.5) is 5.69 Å². The third-order valence-electron chi connectivity index (χ3n) is 2.10. The van der Waals surface area contributed by atoms with Gasteiger partial charge in [0.25, 0.3) is 0 Å². The van der Waals surface area contributed by atoms with Gasteiger partial charge in [0, 0.05) is 11.8 Å². The first kappa shape index (κ1) is 14.0. The maximum Gasteiger partial charge on any atom is 0.240 e. The highest BCUT2D eigenvalue weighted by Gasteiger charge is 2.23. The lowest BCUT2D eigenvalue weighted by molar-refractivity contribution is -0.117. The average Bonchev–Trinajstić information content (AvgIpc) is 2.25. The number of hydrogen-bond donors (Lipinski definition) is 1. The Kier molecular flexibility index (Phi) is 5.00. The van der Waals surface area contributed by atoms with E-state index in [1.807, 2.05) is 24.3 Å². The molecular weight excluding hydrogens is 282 g/mol. The van der Waals surface area contributed by atoms with Crippen molar-refractivity contribution in [1.29, 1.82) is 0 Å². The summed E-state index contributed by atoms with van der Waals surface area (Å²) in [6.07, 6.45) is 0.963. The molecule has 0 fully saturated rings. The van der Waals surface area contributed by atoms with Gasteiger partial charge in [0.2, 0.25) is 5.91 Å². The maximum atomic E-state index is 11.8. The number of halogens is 1. The van der Waals surface area contributed by atoms with Crippen LogP contribution < -0.4 is 10.1 Å². The van der Waals surface area contributed by atoms with Crippen LogP contribution in [0.1, 0.15) is 27.2 Å². The van der Waals surface area contributed by atoms with Crippen molar-refractivity contribution in [2.75, 3.05) is 11.9 Å². The fraction of sp³-hybridized carbons (Fsp3) is 0.462. The quantitative estimate of drug-likeness (QED) is 0.844. The van der Waals surface area contributed by atoms with E-state index >= 15 is 0 Å². The van der Waals surface area contributed by atoms with Crippen molar-refractivity contribution in [3.63, 3.8) is 0 Å². The molecule has 0 aliphatic carbocycles. The lowest BCUT2D eigenvalue weighted by Gasteiger charge is -2.16. The molecule has 0 aliphatic rings. The van der Waals surface area contributed by atoms with E-state index in [-0.39, 0.29) is 5.91 Å². The largest absolute Gasteiger partial charge is 0.494 e. The van der Waals surface area contributed by atoms with E-state index in [1.54, 1.807) is 13.8 Å². The van der Waals surface area contributed by atoms with E-state index in [0.717, 1.165) is 17.9 Å². The summed E-state index contributed by atoms with van der Waals surface area (Å²) >= 11 is 3.32. The SMILES string of the molecule is CCCOc1cccc(NC(=O)C(C)(C)Br)c1. The van der Waals surface area contributed by atoms with Gasteiger partial charge >= 0.3 is 0 Å². The Morgan fingerprint density at radius 1 is 1.47 bits per heavy atom. The fourth-order valence-electron chi connectivity index (χ4n) is 1.16. The number of rotatable bonds is 5. The second-order valence-electron chi connectivity index (χ2n) is 4.30. The zero-order valence-corrected chi connectivity index (χ0v) is 12.0. The molecule has 0 heterocycles. The van der Waals surface area contributed by atoms with Gasteiger partial charge < -0.3 is 10.1 Å². The molecule has 0 aliphatic heterocycles. The van der Waals surface area contributed by atoms with Crippen molar-refractivity contribution < 1.29 is 9.53 Å². The second-order valence-corrected chi connectivity index (χ2v) is 6.29. The van der Waals surface area contributed by atoms with Crippen LogP contribution >= 0.6 is 15.9 Å². The van der Waals surface area contributed by atoms with E-state index in [2.05, 4.69) is 28.2 Å². The highest BCUT2D eigenvalue weighted by Crippen LogP contribution is 2.21. The molecular formula is C13H18BrNO2. The van der Waals surface area contributed by atoms with Crippen LogP contribution in [0.3, 0.4) is 0 Å². The molecule has 1 N–H and O–H groups in total. The molecule has 1 aromatic rings. The highest BCUT2D eigenvalue weighted by atomic mass is 79.9. The summed E-state index contributed by atoms with van der Waals surface area (Å²) in [5, 5.41) is 2.83. The Balaban J connectivity index is 2.69. The van der Waals surface area contributed by atoms with Gasteiger partial charge in [-0.15, -0.1) is 0 Å². The van der Waals surface area contributed by atoms with Gasteiger partial charge in [-0.3, -0.25) is 4.79 Å². The van der Waals surface area contributed by atoms with Crippen molar-refractivity contribution in [3.05, 3.63) is 24.3 Å². The van der Waals surface area contributed by atoms with Gasteiger partial charge in [-0.05, 0) is 32.4 Å². The smallest absolute Gasteiger partial charge is 0.240 e. The number of amides is 1. The molecule has 0 unspecified atom stereocenters. The summed E-state index contributed by atoms with van der Waals surface area (Å²) in [4.78, 5) is 11.8. The Morgan fingerprint density at radius 2 is 2.18 bits per heavy atom. The topological polar surface area (TPSA) is 38.3 Å². The van der Waals surface area contributed by atoms with Crippen LogP contribution in [0, 0.1) is 0 Å². The van der Waals surface area contributed by atoms with Gasteiger partial charge in [0.15, 0.2) is 0 Å². The zero-order chi connectivity index (χ0) is 12.9. The van der Waals surface area contributed by atoms with Gasteiger partial charge in [-0.1, -0.05) is 28.9 Å². The molecule has 1 aromatic carbocycles. The Bertz CT molecular complexity index is 385. The summed E-state index contributed by atoms with van der Waals surface area (Å²) in [7, 11) is 0. The first-order valence-electron chi connectivity index (χ1n) is 5.66. The molecule has 0 atom stereocenters. The van der Waals surface area contributed by atoms with Crippen LogP contribution in [-0.4, -0.2) is 16.8 Å². The van der Waals surface area contributed by atoms with Gasteiger partial charge in [0.05, 0.1) is 10.9 Å². The number of nitrogens with one attached hydrogen (secondary N) is 1. The number of ether oxygens (including phenoxy) is 1. The Morgan fingerprint density at radius 3 is 2.76 bits per heavy atom. The molecule has 0 saturated carbocycles. The van der Waals surface area contributed by atoms with E-state index in [4.69, 9.17) is 4.74 Å². The number of alkyl halides is 1. The first-order valence-corrected chi connectivity index (χ1v) is 6.46. The predicted molar refractivity (Wildman–Crippen MR) is 73.9 cm³/mol. The summed E-state index contributed by atoms with van der Waals surface area (Å²) in [6, 6.07) is 7.41. The molecule has 0 spiro atoms. The second kappa shape index (κ2) is 6.05. The van der Waals surface area contributed by atoms with E-state index in [1.165, 1.54) is 0 Å². The number of carbonyl (C=O) groups excluding carboxylic acids is 1. The van der Waals surface area contributed by atoms with E-state index in [0.29, 0.717) is 6.61 Å². The summed E-state index contributed by atoms with van der Waals surface area (Å²) in [5.41, 5.74) is 0.746. The third-order valence-corrected chi connectivity index (χ3v) is 2.46. The molecule has 0 saturated heterocycles. The van der Waals surface area contributed by atoms with Crippen molar-refractivity contribution in [3.8, 4) is 5.75 Å². The minimum Gasteiger partial charge on any atom is -0.494 e. The Hall–Kier alpha value is -1.03. The number of benzene rings is 1. The summed E-state index contributed by atoms with van der Waals surface area (Å²) < 4.78 is 4.92. The normalized spacial score (nSPS) is 11.1. The molecule has 1 rings (SSSR count). The lowest BCUT2D eigenvalue weighted by atomic mass is 10.2. The van der Waals surface area contributed by atoms with Crippen molar-refractivity contribution in [2.45, 2.75) is 31.5 Å². The molecule has 1 amide bonds. The lowest BCUT2D eigenvalue weighted by Crippen LogP contribution is -2.30. The molecule has 3 nitrogen and oxygen atoms in total. The van der Waals surface area contributed by atoms with Crippen LogP contribution in [0.25, 0.3) is 0 Å². The summed E-state index contributed by atoms with van der Waals surface area (Å²) in [6.45, 7) is 6.35. The van der Waals surface area contributed by atoms with Crippen LogP contribution in [0.15, 0.2) is 24.3 Å².